The zero-order chi connectivity index (χ0) is 18.6. The van der Waals surface area contributed by atoms with E-state index in [-0.39, 0.29) is 17.2 Å². The number of allylic oxidation sites excluding steroid dienone is 1. The predicted molar refractivity (Wildman–Crippen MR) is 99.1 cm³/mol. The molecule has 0 aliphatic carbocycles. The quantitative estimate of drug-likeness (QED) is 0.760. The first-order chi connectivity index (χ1) is 12.5. The van der Waals surface area contributed by atoms with Gasteiger partial charge in [-0.15, -0.1) is 6.58 Å². The maximum atomic E-state index is 12.4. The van der Waals surface area contributed by atoms with Crippen molar-refractivity contribution in [2.45, 2.75) is 52.0 Å². The van der Waals surface area contributed by atoms with Crippen LogP contribution >= 0.6 is 0 Å². The first-order valence-electron chi connectivity index (χ1n) is 9.45. The van der Waals surface area contributed by atoms with Crippen LogP contribution in [0, 0.1) is 12.3 Å². The molecule has 1 atom stereocenters. The fourth-order valence-electron chi connectivity index (χ4n) is 4.08. The van der Waals surface area contributed by atoms with Gasteiger partial charge in [-0.3, -0.25) is 19.6 Å². The van der Waals surface area contributed by atoms with Gasteiger partial charge in [0.1, 0.15) is 0 Å². The second kappa shape index (κ2) is 7.98. The fourth-order valence-corrected chi connectivity index (χ4v) is 4.08. The highest BCUT2D eigenvalue weighted by atomic mass is 16.2. The van der Waals surface area contributed by atoms with Gasteiger partial charge in [0.05, 0.1) is 24.1 Å². The summed E-state index contributed by atoms with van der Waals surface area (Å²) in [4.78, 5) is 37.4. The van der Waals surface area contributed by atoms with Gasteiger partial charge in [-0.25, -0.2) is 0 Å². The normalized spacial score (nSPS) is 23.3. The molecule has 3 rings (SSSR count). The van der Waals surface area contributed by atoms with Crippen molar-refractivity contribution in [1.82, 2.24) is 19.8 Å². The van der Waals surface area contributed by atoms with E-state index in [1.165, 1.54) is 0 Å². The van der Waals surface area contributed by atoms with E-state index in [0.29, 0.717) is 25.9 Å². The summed E-state index contributed by atoms with van der Waals surface area (Å²) in [7, 11) is 0. The van der Waals surface area contributed by atoms with Crippen molar-refractivity contribution in [3.05, 3.63) is 36.4 Å². The van der Waals surface area contributed by atoms with Crippen LogP contribution < -0.4 is 0 Å². The third kappa shape index (κ3) is 4.29. The summed E-state index contributed by atoms with van der Waals surface area (Å²) >= 11 is 0. The molecule has 2 aliphatic heterocycles. The smallest absolute Gasteiger partial charge is 0.222 e. The minimum absolute atomic E-state index is 0.0219. The van der Waals surface area contributed by atoms with Crippen LogP contribution in [0.2, 0.25) is 0 Å². The summed E-state index contributed by atoms with van der Waals surface area (Å²) in [6, 6.07) is 0. The van der Waals surface area contributed by atoms with Crippen LogP contribution in [-0.4, -0.2) is 51.2 Å². The largest absolute Gasteiger partial charge is 0.342 e. The second-order valence-corrected chi connectivity index (χ2v) is 7.65. The molecule has 1 aromatic rings. The molecule has 0 saturated carbocycles. The Morgan fingerprint density at radius 2 is 2.15 bits per heavy atom. The van der Waals surface area contributed by atoms with Crippen LogP contribution in [0.1, 0.15) is 49.9 Å². The van der Waals surface area contributed by atoms with Gasteiger partial charge >= 0.3 is 0 Å². The Balaban J connectivity index is 1.67. The molecule has 2 aliphatic rings. The van der Waals surface area contributed by atoms with Crippen molar-refractivity contribution in [2.24, 2.45) is 5.41 Å². The van der Waals surface area contributed by atoms with Gasteiger partial charge in [0.15, 0.2) is 0 Å². The SMILES string of the molecule is C=CCCC(=O)N1CCCC2(CCC(=O)N(Cc3cnc(C)cn3)C2)C1. The Labute approximate surface area is 155 Å². The number of carbonyl (C=O) groups excluding carboxylic acids is 2. The Bertz CT molecular complexity index is 673. The summed E-state index contributed by atoms with van der Waals surface area (Å²) in [5, 5.41) is 0. The minimum atomic E-state index is 0.0219. The number of amides is 2. The molecule has 26 heavy (non-hydrogen) atoms. The molecule has 6 heteroatoms. The Hall–Kier alpha value is -2.24. The van der Waals surface area contributed by atoms with Crippen molar-refractivity contribution in [3.63, 3.8) is 0 Å². The lowest BCUT2D eigenvalue weighted by atomic mass is 9.73. The number of likely N-dealkylation sites (tertiary alicyclic amines) is 2. The van der Waals surface area contributed by atoms with Gasteiger partial charge in [0.2, 0.25) is 11.8 Å². The summed E-state index contributed by atoms with van der Waals surface area (Å²) in [6.45, 7) is 8.38. The predicted octanol–water partition coefficient (Wildman–Crippen LogP) is 2.48. The number of hydrogen-bond donors (Lipinski definition) is 0. The van der Waals surface area contributed by atoms with E-state index in [0.717, 1.165) is 50.2 Å². The molecule has 1 spiro atoms. The fraction of sp³-hybridized carbons (Fsp3) is 0.600. The van der Waals surface area contributed by atoms with Crippen molar-refractivity contribution in [3.8, 4) is 0 Å². The molecular formula is C20H28N4O2. The summed E-state index contributed by atoms with van der Waals surface area (Å²) < 4.78 is 0. The topological polar surface area (TPSA) is 66.4 Å². The van der Waals surface area contributed by atoms with Crippen LogP contribution in [0.25, 0.3) is 0 Å². The third-order valence-corrected chi connectivity index (χ3v) is 5.51. The van der Waals surface area contributed by atoms with Crippen LogP contribution in [0.4, 0.5) is 0 Å². The van der Waals surface area contributed by atoms with Crippen LogP contribution in [0.5, 0.6) is 0 Å². The van der Waals surface area contributed by atoms with Gasteiger partial charge in [-0.2, -0.15) is 0 Å². The van der Waals surface area contributed by atoms with E-state index in [1.54, 1.807) is 18.5 Å². The van der Waals surface area contributed by atoms with E-state index in [4.69, 9.17) is 0 Å². The van der Waals surface area contributed by atoms with E-state index in [1.807, 2.05) is 16.7 Å². The molecule has 0 bridgehead atoms. The molecule has 0 N–H and O–H groups in total. The highest BCUT2D eigenvalue weighted by Crippen LogP contribution is 2.39. The van der Waals surface area contributed by atoms with Crippen molar-refractivity contribution >= 4 is 11.8 Å². The molecule has 2 fully saturated rings. The van der Waals surface area contributed by atoms with Gasteiger partial charge in [0, 0.05) is 44.1 Å². The molecule has 2 amide bonds. The number of piperidine rings is 2. The van der Waals surface area contributed by atoms with E-state index in [9.17, 15) is 9.59 Å². The summed E-state index contributed by atoms with van der Waals surface area (Å²) in [6.07, 6.45) is 10.0. The zero-order valence-electron chi connectivity index (χ0n) is 15.6. The molecule has 1 aromatic heterocycles. The van der Waals surface area contributed by atoms with Crippen LogP contribution in [0.3, 0.4) is 0 Å². The molecular weight excluding hydrogens is 328 g/mol. The van der Waals surface area contributed by atoms with E-state index >= 15 is 0 Å². The molecule has 3 heterocycles. The van der Waals surface area contributed by atoms with Gasteiger partial charge in [0.25, 0.3) is 0 Å². The number of carbonyl (C=O) groups is 2. The van der Waals surface area contributed by atoms with Crippen molar-refractivity contribution < 1.29 is 9.59 Å². The first kappa shape index (κ1) is 18.5. The zero-order valence-corrected chi connectivity index (χ0v) is 15.6. The Kier molecular flexibility index (Phi) is 5.69. The van der Waals surface area contributed by atoms with Crippen molar-refractivity contribution in [2.75, 3.05) is 19.6 Å². The maximum Gasteiger partial charge on any atom is 0.222 e. The molecule has 140 valence electrons. The Morgan fingerprint density at radius 3 is 2.88 bits per heavy atom. The Morgan fingerprint density at radius 1 is 1.31 bits per heavy atom. The highest BCUT2D eigenvalue weighted by molar-refractivity contribution is 5.78. The molecule has 1 unspecified atom stereocenters. The van der Waals surface area contributed by atoms with E-state index < -0.39 is 0 Å². The van der Waals surface area contributed by atoms with Gasteiger partial charge in [-0.05, 0) is 32.6 Å². The lowest BCUT2D eigenvalue weighted by Crippen LogP contribution is -2.54. The second-order valence-electron chi connectivity index (χ2n) is 7.65. The first-order valence-corrected chi connectivity index (χ1v) is 9.45. The molecule has 2 saturated heterocycles. The average molecular weight is 356 g/mol. The molecule has 6 nitrogen and oxygen atoms in total. The van der Waals surface area contributed by atoms with Gasteiger partial charge < -0.3 is 9.80 Å². The van der Waals surface area contributed by atoms with Crippen molar-refractivity contribution in [1.29, 1.82) is 0 Å². The average Bonchev–Trinajstić information content (AvgIpc) is 2.65. The third-order valence-electron chi connectivity index (χ3n) is 5.51. The standard InChI is InChI=1S/C20H28N4O2/c1-3-4-6-18(25)23-10-5-8-20(14-23)9-7-19(26)24(15-20)13-17-12-21-16(2)11-22-17/h3,11-12H,1,4-10,13-15H2,2H3. The number of nitrogens with zero attached hydrogens (tertiary/aromatic N) is 4. The van der Waals surface area contributed by atoms with Gasteiger partial charge in [-0.1, -0.05) is 6.08 Å². The van der Waals surface area contributed by atoms with Crippen LogP contribution in [-0.2, 0) is 16.1 Å². The lowest BCUT2D eigenvalue weighted by molar-refractivity contribution is -0.143. The monoisotopic (exact) mass is 356 g/mol. The maximum absolute atomic E-state index is 12.4. The molecule has 0 aromatic carbocycles. The lowest BCUT2D eigenvalue weighted by Gasteiger charge is -2.48. The number of aryl methyl sites for hydroxylation is 1. The molecule has 0 radical (unpaired) electrons. The summed E-state index contributed by atoms with van der Waals surface area (Å²) in [5.74, 6) is 0.380. The number of rotatable bonds is 5. The highest BCUT2D eigenvalue weighted by Gasteiger charge is 2.42. The summed E-state index contributed by atoms with van der Waals surface area (Å²) in [5.41, 5.74) is 1.71. The number of aromatic nitrogens is 2. The van der Waals surface area contributed by atoms with Crippen LogP contribution in [0.15, 0.2) is 25.0 Å². The minimum Gasteiger partial charge on any atom is -0.342 e. The number of hydrogen-bond acceptors (Lipinski definition) is 4. The van der Waals surface area contributed by atoms with E-state index in [2.05, 4.69) is 16.5 Å².